The van der Waals surface area contributed by atoms with Crippen LogP contribution in [0.15, 0.2) is 12.4 Å². The fraction of sp³-hybridized carbons (Fsp3) is 0.500. The summed E-state index contributed by atoms with van der Waals surface area (Å²) in [6.45, 7) is 1.85. The summed E-state index contributed by atoms with van der Waals surface area (Å²) < 4.78 is 4.75. The van der Waals surface area contributed by atoms with Gasteiger partial charge in [0.25, 0.3) is 5.91 Å². The summed E-state index contributed by atoms with van der Waals surface area (Å²) in [5, 5.41) is 0. The molecule has 1 saturated heterocycles. The number of ketones is 1. The number of rotatable bonds is 1. The number of carbonyl (C=O) groups is 3. The molecule has 3 rings (SSSR count). The van der Waals surface area contributed by atoms with Crippen molar-refractivity contribution in [3.63, 3.8) is 0 Å². The molecule has 122 valence electrons. The third-order valence-electron chi connectivity index (χ3n) is 4.41. The Morgan fingerprint density at radius 1 is 1.09 bits per heavy atom. The molecule has 7 heteroatoms. The Bertz CT molecular complexity index is 649. The van der Waals surface area contributed by atoms with Gasteiger partial charge in [-0.3, -0.25) is 14.6 Å². The van der Waals surface area contributed by atoms with Gasteiger partial charge in [-0.15, -0.1) is 0 Å². The molecule has 1 fully saturated rings. The highest BCUT2D eigenvalue weighted by molar-refractivity contribution is 5.97. The van der Waals surface area contributed by atoms with Gasteiger partial charge in [0, 0.05) is 44.9 Å². The number of piperidine rings is 1. The molecule has 7 nitrogen and oxygen atoms in total. The highest BCUT2D eigenvalue weighted by Gasteiger charge is 2.28. The van der Waals surface area contributed by atoms with E-state index in [4.69, 9.17) is 4.74 Å². The number of methoxy groups -OCH3 is 1. The lowest BCUT2D eigenvalue weighted by atomic mass is 9.96. The number of aromatic nitrogens is 1. The van der Waals surface area contributed by atoms with E-state index in [9.17, 15) is 14.4 Å². The standard InChI is InChI=1S/C16H19N3O4/c1-23-16(22)19-7-4-13-11(10-19)8-17-9-14(13)15(21)18-5-2-12(20)3-6-18/h8-9H,2-7,10H2,1H3. The molecule has 1 aromatic rings. The minimum Gasteiger partial charge on any atom is -0.453 e. The largest absolute Gasteiger partial charge is 0.453 e. The number of amides is 2. The summed E-state index contributed by atoms with van der Waals surface area (Å²) in [5.41, 5.74) is 2.41. The second-order valence-electron chi connectivity index (χ2n) is 5.80. The predicted molar refractivity (Wildman–Crippen MR) is 80.9 cm³/mol. The van der Waals surface area contributed by atoms with Gasteiger partial charge in [0.2, 0.25) is 0 Å². The molecule has 0 N–H and O–H groups in total. The normalized spacial score (nSPS) is 17.7. The average Bonchev–Trinajstić information content (AvgIpc) is 2.60. The van der Waals surface area contributed by atoms with Crippen LogP contribution in [0.5, 0.6) is 0 Å². The summed E-state index contributed by atoms with van der Waals surface area (Å²) in [7, 11) is 1.35. The third kappa shape index (κ3) is 3.04. The highest BCUT2D eigenvalue weighted by atomic mass is 16.5. The minimum atomic E-state index is -0.373. The summed E-state index contributed by atoms with van der Waals surface area (Å²) in [5.74, 6) is 0.129. The quantitative estimate of drug-likeness (QED) is 0.772. The first-order valence-electron chi connectivity index (χ1n) is 7.69. The number of likely N-dealkylation sites (tertiary alicyclic amines) is 1. The van der Waals surface area contributed by atoms with E-state index in [0.29, 0.717) is 51.0 Å². The molecule has 0 unspecified atom stereocenters. The molecule has 0 bridgehead atoms. The van der Waals surface area contributed by atoms with Gasteiger partial charge in [-0.25, -0.2) is 4.79 Å². The van der Waals surface area contributed by atoms with Crippen LogP contribution in [-0.4, -0.2) is 59.3 Å². The number of hydrogen-bond donors (Lipinski definition) is 0. The van der Waals surface area contributed by atoms with Crippen LogP contribution >= 0.6 is 0 Å². The first-order valence-corrected chi connectivity index (χ1v) is 7.69. The summed E-state index contributed by atoms with van der Waals surface area (Å²) >= 11 is 0. The van der Waals surface area contributed by atoms with E-state index in [1.165, 1.54) is 7.11 Å². The molecule has 0 saturated carbocycles. The second-order valence-corrected chi connectivity index (χ2v) is 5.80. The number of nitrogens with zero attached hydrogens (tertiary/aromatic N) is 3. The summed E-state index contributed by atoms with van der Waals surface area (Å²) in [6.07, 6.45) is 4.35. The van der Waals surface area contributed by atoms with E-state index in [1.54, 1.807) is 22.2 Å². The van der Waals surface area contributed by atoms with Gasteiger partial charge in [-0.1, -0.05) is 0 Å². The van der Waals surface area contributed by atoms with Crippen LogP contribution in [0.25, 0.3) is 0 Å². The van der Waals surface area contributed by atoms with Crippen LogP contribution in [0.2, 0.25) is 0 Å². The van der Waals surface area contributed by atoms with Crippen molar-refractivity contribution in [3.8, 4) is 0 Å². The Kier molecular flexibility index (Phi) is 4.27. The highest BCUT2D eigenvalue weighted by Crippen LogP contribution is 2.24. The fourth-order valence-corrected chi connectivity index (χ4v) is 3.09. The van der Waals surface area contributed by atoms with Gasteiger partial charge >= 0.3 is 6.09 Å². The lowest BCUT2D eigenvalue weighted by Crippen LogP contribution is -2.40. The molecule has 2 aliphatic rings. The smallest absolute Gasteiger partial charge is 0.409 e. The maximum atomic E-state index is 12.7. The summed E-state index contributed by atoms with van der Waals surface area (Å²) in [4.78, 5) is 43.2. The zero-order valence-electron chi connectivity index (χ0n) is 13.1. The molecule has 0 radical (unpaired) electrons. The fourth-order valence-electron chi connectivity index (χ4n) is 3.09. The SMILES string of the molecule is COC(=O)N1CCc2c(cncc2C(=O)N2CCC(=O)CC2)C1. The lowest BCUT2D eigenvalue weighted by molar-refractivity contribution is -0.120. The van der Waals surface area contributed by atoms with E-state index < -0.39 is 0 Å². The Morgan fingerprint density at radius 3 is 2.48 bits per heavy atom. The number of Topliss-reactive ketones (excluding diaryl/α,β-unsaturated/α-hetero) is 1. The van der Waals surface area contributed by atoms with Crippen LogP contribution in [0.1, 0.15) is 34.3 Å². The van der Waals surface area contributed by atoms with E-state index in [0.717, 1.165) is 11.1 Å². The Labute approximate surface area is 134 Å². The molecule has 0 spiro atoms. The molecule has 3 heterocycles. The second kappa shape index (κ2) is 6.36. The van der Waals surface area contributed by atoms with Crippen molar-refractivity contribution in [1.82, 2.24) is 14.8 Å². The van der Waals surface area contributed by atoms with Crippen LogP contribution in [0.3, 0.4) is 0 Å². The molecular weight excluding hydrogens is 298 g/mol. The van der Waals surface area contributed by atoms with Crippen LogP contribution in [0.4, 0.5) is 4.79 Å². The van der Waals surface area contributed by atoms with Crippen molar-refractivity contribution >= 4 is 17.8 Å². The lowest BCUT2D eigenvalue weighted by Gasteiger charge is -2.30. The van der Waals surface area contributed by atoms with Gasteiger partial charge in [-0.2, -0.15) is 0 Å². The molecule has 0 atom stereocenters. The van der Waals surface area contributed by atoms with Gasteiger partial charge in [-0.05, 0) is 17.5 Å². The number of hydrogen-bond acceptors (Lipinski definition) is 5. The number of fused-ring (bicyclic) bond motifs is 1. The number of pyridine rings is 1. The first-order chi connectivity index (χ1) is 11.1. The Balaban J connectivity index is 1.81. The Morgan fingerprint density at radius 2 is 1.78 bits per heavy atom. The maximum absolute atomic E-state index is 12.7. The van der Waals surface area contributed by atoms with Crippen molar-refractivity contribution < 1.29 is 19.1 Å². The molecule has 23 heavy (non-hydrogen) atoms. The molecule has 2 aliphatic heterocycles. The Hall–Kier alpha value is -2.44. The number of carbonyl (C=O) groups excluding carboxylic acids is 3. The zero-order chi connectivity index (χ0) is 16.4. The van der Waals surface area contributed by atoms with Gasteiger partial charge in [0.15, 0.2) is 0 Å². The zero-order valence-corrected chi connectivity index (χ0v) is 13.1. The monoisotopic (exact) mass is 317 g/mol. The van der Waals surface area contributed by atoms with Crippen molar-refractivity contribution in [1.29, 1.82) is 0 Å². The summed E-state index contributed by atoms with van der Waals surface area (Å²) in [6, 6.07) is 0. The third-order valence-corrected chi connectivity index (χ3v) is 4.41. The van der Waals surface area contributed by atoms with Gasteiger partial charge in [0.1, 0.15) is 5.78 Å². The van der Waals surface area contributed by atoms with Crippen molar-refractivity contribution in [2.75, 3.05) is 26.7 Å². The van der Waals surface area contributed by atoms with Crippen molar-refractivity contribution in [2.24, 2.45) is 0 Å². The first kappa shape index (κ1) is 15.5. The van der Waals surface area contributed by atoms with Crippen LogP contribution < -0.4 is 0 Å². The maximum Gasteiger partial charge on any atom is 0.409 e. The van der Waals surface area contributed by atoms with Gasteiger partial charge in [0.05, 0.1) is 19.2 Å². The average molecular weight is 317 g/mol. The molecule has 0 aliphatic carbocycles. The topological polar surface area (TPSA) is 79.8 Å². The number of ether oxygens (including phenoxy) is 1. The molecular formula is C16H19N3O4. The molecule has 1 aromatic heterocycles. The van der Waals surface area contributed by atoms with Crippen LogP contribution in [0, 0.1) is 0 Å². The predicted octanol–water partition coefficient (Wildman–Crippen LogP) is 1.01. The molecule has 0 aromatic carbocycles. The van der Waals surface area contributed by atoms with Crippen molar-refractivity contribution in [3.05, 3.63) is 29.1 Å². The van der Waals surface area contributed by atoms with E-state index >= 15 is 0 Å². The van der Waals surface area contributed by atoms with E-state index in [-0.39, 0.29) is 17.8 Å². The van der Waals surface area contributed by atoms with E-state index in [1.807, 2.05) is 0 Å². The minimum absolute atomic E-state index is 0.0756. The van der Waals surface area contributed by atoms with Gasteiger partial charge < -0.3 is 14.5 Å². The van der Waals surface area contributed by atoms with Crippen LogP contribution in [-0.2, 0) is 22.5 Å². The van der Waals surface area contributed by atoms with Crippen molar-refractivity contribution in [2.45, 2.75) is 25.8 Å². The molecule has 2 amide bonds. The van der Waals surface area contributed by atoms with E-state index in [2.05, 4.69) is 4.98 Å².